The number of hydrogen-bond donors (Lipinski definition) is 1. The van der Waals surface area contributed by atoms with E-state index in [-0.39, 0.29) is 24.2 Å². The summed E-state index contributed by atoms with van der Waals surface area (Å²) >= 11 is 1.18. The van der Waals surface area contributed by atoms with Crippen molar-refractivity contribution >= 4 is 29.0 Å². The molecule has 0 saturated carbocycles. The second-order valence-electron chi connectivity index (χ2n) is 6.59. The van der Waals surface area contributed by atoms with Gasteiger partial charge in [-0.1, -0.05) is 0 Å². The van der Waals surface area contributed by atoms with E-state index in [0.29, 0.717) is 22.8 Å². The molecular weight excluding hydrogens is 316 g/mol. The topological polar surface area (TPSA) is 77.9 Å². The van der Waals surface area contributed by atoms with Gasteiger partial charge < -0.3 is 14.9 Å². The molecule has 1 aromatic heterocycles. The first-order valence-corrected chi connectivity index (χ1v) is 8.47. The molecule has 0 unspecified atom stereocenters. The lowest BCUT2D eigenvalue weighted by atomic mass is 9.73. The van der Waals surface area contributed by atoms with Crippen molar-refractivity contribution in [1.82, 2.24) is 9.80 Å². The smallest absolute Gasteiger partial charge is 0.313 e. The average Bonchev–Trinajstić information content (AvgIpc) is 3.11. The quantitative estimate of drug-likeness (QED) is 0.845. The summed E-state index contributed by atoms with van der Waals surface area (Å²) in [6.45, 7) is 3.52. The number of aliphatic carboxylic acids is 1. The zero-order valence-electron chi connectivity index (χ0n) is 13.2. The molecule has 1 N–H and O–H groups in total. The van der Waals surface area contributed by atoms with E-state index in [4.69, 9.17) is 0 Å². The van der Waals surface area contributed by atoms with Crippen LogP contribution in [0, 0.1) is 11.3 Å². The van der Waals surface area contributed by atoms with Crippen LogP contribution in [0.2, 0.25) is 0 Å². The van der Waals surface area contributed by atoms with Gasteiger partial charge in [-0.3, -0.25) is 14.4 Å². The van der Waals surface area contributed by atoms with Crippen molar-refractivity contribution in [2.24, 2.45) is 11.3 Å². The monoisotopic (exact) mass is 336 g/mol. The van der Waals surface area contributed by atoms with Crippen molar-refractivity contribution in [3.63, 3.8) is 0 Å². The molecule has 6 nitrogen and oxygen atoms in total. The summed E-state index contributed by atoms with van der Waals surface area (Å²) in [4.78, 5) is 40.7. The third-order valence-corrected chi connectivity index (χ3v) is 6.16. The largest absolute Gasteiger partial charge is 0.481 e. The third-order valence-electron chi connectivity index (χ3n) is 4.98. The summed E-state index contributed by atoms with van der Waals surface area (Å²) < 4.78 is 0. The molecule has 0 spiro atoms. The molecule has 1 aromatic rings. The van der Waals surface area contributed by atoms with Crippen LogP contribution in [0.4, 0.5) is 0 Å². The average molecular weight is 336 g/mol. The van der Waals surface area contributed by atoms with Gasteiger partial charge in [0.2, 0.25) is 0 Å². The number of carbonyl (C=O) groups is 3. The fraction of sp³-hybridized carbons (Fsp3) is 0.562. The lowest BCUT2D eigenvalue weighted by molar-refractivity contribution is -0.153. The van der Waals surface area contributed by atoms with Crippen LogP contribution in [0.5, 0.6) is 0 Å². The Kier molecular flexibility index (Phi) is 4.01. The summed E-state index contributed by atoms with van der Waals surface area (Å²) in [5, 5.41) is 9.76. The first kappa shape index (κ1) is 16.1. The van der Waals surface area contributed by atoms with E-state index in [2.05, 4.69) is 0 Å². The second-order valence-corrected chi connectivity index (χ2v) is 7.67. The van der Waals surface area contributed by atoms with Crippen LogP contribution in [0.1, 0.15) is 32.7 Å². The number of fused-ring (bicyclic) bond motifs is 1. The fourth-order valence-corrected chi connectivity index (χ4v) is 4.59. The number of hydrogen-bond acceptors (Lipinski definition) is 5. The number of carboxylic acids is 1. The van der Waals surface area contributed by atoms with E-state index in [1.165, 1.54) is 18.3 Å². The molecule has 2 saturated heterocycles. The number of rotatable bonds is 3. The van der Waals surface area contributed by atoms with Crippen LogP contribution in [-0.2, 0) is 4.79 Å². The number of Topliss-reactive ketones (excluding diaryl/α,β-unsaturated/α-hetero) is 1. The Balaban J connectivity index is 1.83. The molecule has 3 heterocycles. The number of nitrogens with zero attached hydrogens (tertiary/aromatic N) is 2. The standard InChI is InChI=1S/C16H20N2O4S/c1-10(19)12-3-4-13(23-12)14(20)18-7-11-5-6-17(2)8-16(11,9-18)15(21)22/h3-4,11H,5-9H2,1-2H3,(H,21,22)/t11-,16-/m0/s1. The Morgan fingerprint density at radius 2 is 1.96 bits per heavy atom. The number of thiophene rings is 1. The normalized spacial score (nSPS) is 27.7. The zero-order valence-corrected chi connectivity index (χ0v) is 14.1. The van der Waals surface area contributed by atoms with Gasteiger partial charge in [-0.25, -0.2) is 0 Å². The minimum absolute atomic E-state index is 0.00705. The van der Waals surface area contributed by atoms with E-state index in [1.807, 2.05) is 11.9 Å². The SMILES string of the molecule is CC(=O)c1ccc(C(=O)N2C[C@@H]3CCN(C)C[C@]3(C(=O)O)C2)s1. The van der Waals surface area contributed by atoms with E-state index in [1.54, 1.807) is 17.0 Å². The molecule has 3 rings (SSSR count). The van der Waals surface area contributed by atoms with Gasteiger partial charge >= 0.3 is 5.97 Å². The molecule has 2 aliphatic rings. The van der Waals surface area contributed by atoms with Crippen molar-refractivity contribution in [3.05, 3.63) is 21.9 Å². The number of carboxylic acid groups (broad SMARTS) is 1. The van der Waals surface area contributed by atoms with Crippen LogP contribution in [0.15, 0.2) is 12.1 Å². The zero-order chi connectivity index (χ0) is 16.8. The lowest BCUT2D eigenvalue weighted by Gasteiger charge is -2.39. The number of likely N-dealkylation sites (tertiary alicyclic amines) is 2. The number of amides is 1. The summed E-state index contributed by atoms with van der Waals surface area (Å²) in [6, 6.07) is 3.31. The Bertz CT molecular complexity index is 671. The molecule has 2 atom stereocenters. The Morgan fingerprint density at radius 1 is 1.26 bits per heavy atom. The highest BCUT2D eigenvalue weighted by Crippen LogP contribution is 2.42. The van der Waals surface area contributed by atoms with Crippen LogP contribution >= 0.6 is 11.3 Å². The van der Waals surface area contributed by atoms with Gasteiger partial charge in [0.05, 0.1) is 9.75 Å². The van der Waals surface area contributed by atoms with Crippen molar-refractivity contribution in [1.29, 1.82) is 0 Å². The summed E-state index contributed by atoms with van der Waals surface area (Å²) in [7, 11) is 1.92. The summed E-state index contributed by atoms with van der Waals surface area (Å²) in [5.74, 6) is -1.06. The van der Waals surface area contributed by atoms with E-state index < -0.39 is 11.4 Å². The maximum Gasteiger partial charge on any atom is 0.313 e. The molecule has 7 heteroatoms. The molecule has 1 amide bonds. The highest BCUT2D eigenvalue weighted by atomic mass is 32.1. The minimum Gasteiger partial charge on any atom is -0.481 e. The maximum absolute atomic E-state index is 12.7. The second kappa shape index (κ2) is 5.72. The molecule has 124 valence electrons. The number of carbonyl (C=O) groups excluding carboxylic acids is 2. The van der Waals surface area contributed by atoms with Gasteiger partial charge in [0.15, 0.2) is 5.78 Å². The first-order chi connectivity index (χ1) is 10.8. The van der Waals surface area contributed by atoms with Crippen molar-refractivity contribution in [2.75, 3.05) is 33.2 Å². The molecular formula is C16H20N2O4S. The van der Waals surface area contributed by atoms with E-state index >= 15 is 0 Å². The number of piperidine rings is 1. The van der Waals surface area contributed by atoms with Crippen LogP contribution in [0.25, 0.3) is 0 Å². The highest BCUT2D eigenvalue weighted by Gasteiger charge is 2.55. The molecule has 23 heavy (non-hydrogen) atoms. The van der Waals surface area contributed by atoms with Gasteiger partial charge in [0, 0.05) is 19.6 Å². The Morgan fingerprint density at radius 3 is 2.57 bits per heavy atom. The van der Waals surface area contributed by atoms with E-state index in [9.17, 15) is 19.5 Å². The fourth-order valence-electron chi connectivity index (χ4n) is 3.72. The van der Waals surface area contributed by atoms with Crippen LogP contribution in [0.3, 0.4) is 0 Å². The van der Waals surface area contributed by atoms with Gasteiger partial charge in [-0.05, 0) is 45.0 Å². The van der Waals surface area contributed by atoms with Crippen molar-refractivity contribution < 1.29 is 19.5 Å². The predicted octanol–water partition coefficient (Wildman–Crippen LogP) is 1.43. The molecule has 2 fully saturated rings. The Labute approximate surface area is 138 Å². The van der Waals surface area contributed by atoms with Crippen molar-refractivity contribution in [2.45, 2.75) is 13.3 Å². The van der Waals surface area contributed by atoms with Gasteiger partial charge in [-0.2, -0.15) is 0 Å². The third kappa shape index (κ3) is 2.68. The van der Waals surface area contributed by atoms with Crippen molar-refractivity contribution in [3.8, 4) is 0 Å². The summed E-state index contributed by atoms with van der Waals surface area (Å²) in [6.07, 6.45) is 0.787. The minimum atomic E-state index is -0.872. The molecule has 0 radical (unpaired) electrons. The molecule has 0 aliphatic carbocycles. The summed E-state index contributed by atoms with van der Waals surface area (Å²) in [5.41, 5.74) is -0.872. The predicted molar refractivity (Wildman–Crippen MR) is 85.9 cm³/mol. The van der Waals surface area contributed by atoms with Gasteiger partial charge in [0.25, 0.3) is 5.91 Å². The molecule has 2 aliphatic heterocycles. The lowest BCUT2D eigenvalue weighted by Crippen LogP contribution is -2.52. The van der Waals surface area contributed by atoms with Gasteiger partial charge in [0.1, 0.15) is 5.41 Å². The van der Waals surface area contributed by atoms with Gasteiger partial charge in [-0.15, -0.1) is 11.3 Å². The first-order valence-electron chi connectivity index (χ1n) is 7.65. The maximum atomic E-state index is 12.7. The molecule has 0 bridgehead atoms. The number of ketones is 1. The van der Waals surface area contributed by atoms with E-state index in [0.717, 1.165) is 13.0 Å². The molecule has 0 aromatic carbocycles. The Hall–Kier alpha value is -1.73. The highest BCUT2D eigenvalue weighted by molar-refractivity contribution is 7.15. The van der Waals surface area contributed by atoms with Crippen LogP contribution < -0.4 is 0 Å². The van der Waals surface area contributed by atoms with Crippen LogP contribution in [-0.4, -0.2) is 65.8 Å².